The SMILES string of the molecule is CCC1=CC=C[C]1(CC)[Zr+2]([SiH](CC)CC)[C]1(CC)C=CC=C1CC.[Br-].[Br-]. The molecule has 0 fully saturated rings. The van der Waals surface area contributed by atoms with Crippen LogP contribution in [-0.4, -0.2) is 5.92 Å². The number of rotatable bonds is 9. The summed E-state index contributed by atoms with van der Waals surface area (Å²) in [6, 6.07) is 3.01. The fourth-order valence-corrected chi connectivity index (χ4v) is 39.0. The van der Waals surface area contributed by atoms with Crippen LogP contribution in [0.15, 0.2) is 47.6 Å². The number of allylic oxidation sites excluding steroid dienone is 8. The molecule has 0 radical (unpaired) electrons. The van der Waals surface area contributed by atoms with Crippen molar-refractivity contribution >= 4 is 5.92 Å². The Bertz CT molecular complexity index is 518. The Morgan fingerprint density at radius 1 is 0.731 bits per heavy atom. The molecule has 0 saturated heterocycles. The van der Waals surface area contributed by atoms with Gasteiger partial charge in [-0.15, -0.1) is 0 Å². The molecule has 0 N–H and O–H groups in total. The zero-order valence-electron chi connectivity index (χ0n) is 17.5. The van der Waals surface area contributed by atoms with Gasteiger partial charge in [0.2, 0.25) is 0 Å². The zero-order valence-corrected chi connectivity index (χ0v) is 24.3. The van der Waals surface area contributed by atoms with Crippen LogP contribution in [0.4, 0.5) is 0 Å². The predicted octanol–water partition coefficient (Wildman–Crippen LogP) is 1.33. The van der Waals surface area contributed by atoms with Gasteiger partial charge in [-0.3, -0.25) is 0 Å². The monoisotopic (exact) mass is 577 g/mol. The van der Waals surface area contributed by atoms with Crippen LogP contribution in [0.3, 0.4) is 0 Å². The van der Waals surface area contributed by atoms with E-state index in [0.29, 0.717) is 6.25 Å². The quantitative estimate of drug-likeness (QED) is 0.362. The molecule has 147 valence electrons. The summed E-state index contributed by atoms with van der Waals surface area (Å²) >= 11 is -1.82. The minimum absolute atomic E-state index is 0. The standard InChI is InChI=1S/2C9H13.C4H11Si.2BrH.Zr/c2*1-3-8-6-5-7-9(8)4-2;1-3-5-4-2;;;/h2*5-7H,3-4H2,1-2H3;5H,3-4H2,1-2H3;2*1H;/q;;;;;+2/p-2. The van der Waals surface area contributed by atoms with Gasteiger partial charge in [0.1, 0.15) is 0 Å². The Kier molecular flexibility index (Phi) is 12.4. The van der Waals surface area contributed by atoms with Crippen LogP contribution < -0.4 is 34.0 Å². The van der Waals surface area contributed by atoms with E-state index in [0.717, 1.165) is 0 Å². The largest absolute Gasteiger partial charge is 1.00 e. The minimum Gasteiger partial charge on any atom is -1.00 e. The Morgan fingerprint density at radius 3 is 1.38 bits per heavy atom. The van der Waals surface area contributed by atoms with Crippen molar-refractivity contribution in [3.8, 4) is 0 Å². The van der Waals surface area contributed by atoms with Crippen molar-refractivity contribution in [2.75, 3.05) is 0 Å². The molecule has 0 spiro atoms. The first-order valence-electron chi connectivity index (χ1n) is 10.3. The van der Waals surface area contributed by atoms with Crippen LogP contribution in [0, 0.1) is 0 Å². The third-order valence-corrected chi connectivity index (χ3v) is 36.5. The summed E-state index contributed by atoms with van der Waals surface area (Å²) in [5.74, 6) is -0.675. The van der Waals surface area contributed by atoms with Crippen molar-refractivity contribution in [3.63, 3.8) is 0 Å². The molecule has 4 heteroatoms. The maximum Gasteiger partial charge on any atom is -1.00 e. The second-order valence-electron chi connectivity index (χ2n) is 7.39. The molecule has 0 amide bonds. The Labute approximate surface area is 192 Å². The van der Waals surface area contributed by atoms with Gasteiger partial charge in [-0.2, -0.15) is 0 Å². The van der Waals surface area contributed by atoms with E-state index >= 15 is 0 Å². The fraction of sp³-hybridized carbons (Fsp3) is 0.636. The molecule has 2 unspecified atom stereocenters. The van der Waals surface area contributed by atoms with Crippen molar-refractivity contribution in [3.05, 3.63) is 47.6 Å². The van der Waals surface area contributed by atoms with Crippen molar-refractivity contribution in [1.82, 2.24) is 0 Å². The van der Waals surface area contributed by atoms with Crippen LogP contribution in [0.2, 0.25) is 18.3 Å². The molecule has 0 bridgehead atoms. The molecule has 0 heterocycles. The smallest absolute Gasteiger partial charge is 1.00 e. The molecule has 2 aliphatic rings. The van der Waals surface area contributed by atoms with Gasteiger partial charge >= 0.3 is 160 Å². The average Bonchev–Trinajstić information content (AvgIpc) is 3.23. The zero-order chi connectivity index (χ0) is 17.8. The maximum atomic E-state index is 2.68. The van der Waals surface area contributed by atoms with Gasteiger partial charge < -0.3 is 34.0 Å². The van der Waals surface area contributed by atoms with E-state index in [2.05, 4.69) is 78.0 Å². The number of hydrogen-bond donors (Lipinski definition) is 0. The van der Waals surface area contributed by atoms with Crippen LogP contribution in [0.25, 0.3) is 0 Å². The summed E-state index contributed by atoms with van der Waals surface area (Å²) in [5.41, 5.74) is 3.56. The Balaban J connectivity index is 0.00000312. The van der Waals surface area contributed by atoms with Crippen molar-refractivity contribution < 1.29 is 54.9 Å². The second kappa shape index (κ2) is 11.9. The van der Waals surface area contributed by atoms with Gasteiger partial charge in [0.15, 0.2) is 0 Å². The third kappa shape index (κ3) is 4.44. The van der Waals surface area contributed by atoms with Gasteiger partial charge in [-0.25, -0.2) is 0 Å². The third-order valence-electron chi connectivity index (χ3n) is 6.73. The summed E-state index contributed by atoms with van der Waals surface area (Å²) in [6.45, 7) is 14.8. The van der Waals surface area contributed by atoms with Crippen molar-refractivity contribution in [1.29, 1.82) is 0 Å². The maximum absolute atomic E-state index is 2.68. The topological polar surface area (TPSA) is 0 Å². The van der Waals surface area contributed by atoms with Gasteiger partial charge in [0.25, 0.3) is 0 Å². The summed E-state index contributed by atoms with van der Waals surface area (Å²) in [5, 5.41) is 0. The summed E-state index contributed by atoms with van der Waals surface area (Å²) in [4.78, 5) is 0. The summed E-state index contributed by atoms with van der Waals surface area (Å²) in [6.07, 6.45) is 20.3. The van der Waals surface area contributed by atoms with E-state index in [-0.39, 0.29) is 34.0 Å². The molecule has 0 aromatic carbocycles. The first-order chi connectivity index (χ1) is 11.6. The van der Waals surface area contributed by atoms with E-state index < -0.39 is 26.8 Å². The molecule has 0 aliphatic heterocycles. The van der Waals surface area contributed by atoms with E-state index in [1.54, 1.807) is 11.1 Å². The molecule has 0 saturated carbocycles. The average molecular weight is 581 g/mol. The van der Waals surface area contributed by atoms with Crippen LogP contribution in [0.1, 0.15) is 67.2 Å². The molecule has 26 heavy (non-hydrogen) atoms. The van der Waals surface area contributed by atoms with E-state index in [1.807, 2.05) is 0 Å². The molecule has 0 aromatic rings. The van der Waals surface area contributed by atoms with E-state index in [1.165, 1.54) is 37.8 Å². The molecular formula is C22H37Br2SiZr. The predicted molar refractivity (Wildman–Crippen MR) is 109 cm³/mol. The Morgan fingerprint density at radius 2 is 1.12 bits per heavy atom. The van der Waals surface area contributed by atoms with Gasteiger partial charge in [-0.05, 0) is 0 Å². The molecule has 2 atom stereocenters. The van der Waals surface area contributed by atoms with Crippen LogP contribution in [0.5, 0.6) is 0 Å². The Hall–Kier alpha value is 1.02. The minimum atomic E-state index is -1.82. The van der Waals surface area contributed by atoms with Gasteiger partial charge in [-0.1, -0.05) is 0 Å². The van der Waals surface area contributed by atoms with Crippen molar-refractivity contribution in [2.24, 2.45) is 0 Å². The molecular weight excluding hydrogens is 543 g/mol. The summed E-state index contributed by atoms with van der Waals surface area (Å²) < 4.78 is 0.998. The van der Waals surface area contributed by atoms with E-state index in [9.17, 15) is 0 Å². The number of hydrogen-bond acceptors (Lipinski definition) is 0. The molecule has 0 aromatic heterocycles. The number of halogens is 2. The van der Waals surface area contributed by atoms with Crippen LogP contribution >= 0.6 is 0 Å². The first-order valence-corrected chi connectivity index (χ1v) is 19.2. The van der Waals surface area contributed by atoms with E-state index in [4.69, 9.17) is 0 Å². The van der Waals surface area contributed by atoms with Gasteiger partial charge in [0.05, 0.1) is 0 Å². The fourth-order valence-electron chi connectivity index (χ4n) is 5.45. The van der Waals surface area contributed by atoms with Crippen molar-refractivity contribution in [2.45, 2.75) is 85.6 Å². The van der Waals surface area contributed by atoms with Gasteiger partial charge in [0, 0.05) is 0 Å². The first kappa shape index (κ1) is 27.0. The molecule has 0 nitrogen and oxygen atoms in total. The van der Waals surface area contributed by atoms with Crippen LogP contribution in [-0.2, 0) is 20.9 Å². The normalized spacial score (nSPS) is 26.4. The molecule has 2 rings (SSSR count). The molecule has 2 aliphatic carbocycles. The summed E-state index contributed by atoms with van der Waals surface area (Å²) in [7, 11) is 0. The second-order valence-corrected chi connectivity index (χ2v) is 26.3.